The Morgan fingerprint density at radius 2 is 1.69 bits per heavy atom. The van der Waals surface area contributed by atoms with E-state index >= 15 is 0 Å². The number of rotatable bonds is 6. The number of nitrogens with zero attached hydrogens (tertiary/aromatic N) is 3. The van der Waals surface area contributed by atoms with Gasteiger partial charge in [0, 0.05) is 6.20 Å². The molecule has 0 aliphatic heterocycles. The molecule has 0 unspecified atom stereocenters. The number of hydrogen-bond acceptors (Lipinski definition) is 4. The molecule has 0 bridgehead atoms. The first kappa shape index (κ1) is 19.3. The molecule has 0 atom stereocenters. The largest absolute Gasteiger partial charge is 0.307 e. The van der Waals surface area contributed by atoms with Gasteiger partial charge >= 0.3 is 0 Å². The van der Waals surface area contributed by atoms with Gasteiger partial charge in [0.05, 0.1) is 18.0 Å². The molecular formula is C22H22N4O2S. The molecule has 2 heterocycles. The number of imidazole rings is 1. The minimum atomic E-state index is -3.65. The highest BCUT2D eigenvalue weighted by atomic mass is 32.2. The Balaban J connectivity index is 1.66. The van der Waals surface area contributed by atoms with Crippen molar-refractivity contribution < 1.29 is 8.42 Å². The van der Waals surface area contributed by atoms with E-state index < -0.39 is 10.0 Å². The molecule has 4 aromatic rings. The van der Waals surface area contributed by atoms with Crippen LogP contribution in [0.1, 0.15) is 22.5 Å². The monoisotopic (exact) mass is 406 g/mol. The molecule has 0 spiro atoms. The molecule has 0 amide bonds. The molecule has 2 aromatic carbocycles. The molecule has 29 heavy (non-hydrogen) atoms. The van der Waals surface area contributed by atoms with Crippen LogP contribution in [0.4, 0.5) is 0 Å². The van der Waals surface area contributed by atoms with Gasteiger partial charge in [-0.2, -0.15) is 0 Å². The average molecular weight is 407 g/mol. The summed E-state index contributed by atoms with van der Waals surface area (Å²) < 4.78 is 30.3. The first-order valence-corrected chi connectivity index (χ1v) is 10.8. The second kappa shape index (κ2) is 7.77. The number of nitrogens with one attached hydrogen (secondary N) is 1. The number of sulfonamides is 1. The fourth-order valence-electron chi connectivity index (χ4n) is 3.40. The Kier molecular flexibility index (Phi) is 5.17. The van der Waals surface area contributed by atoms with Crippen molar-refractivity contribution in [2.75, 3.05) is 0 Å². The summed E-state index contributed by atoms with van der Waals surface area (Å²) >= 11 is 0. The van der Waals surface area contributed by atoms with Gasteiger partial charge in [-0.15, -0.1) is 0 Å². The number of pyridine rings is 1. The summed E-state index contributed by atoms with van der Waals surface area (Å²) in [6, 6.07) is 19.0. The maximum Gasteiger partial charge on any atom is 0.240 e. The lowest BCUT2D eigenvalue weighted by molar-refractivity contribution is 0.576. The molecule has 0 aliphatic carbocycles. The smallest absolute Gasteiger partial charge is 0.240 e. The average Bonchev–Trinajstić information content (AvgIpc) is 3.04. The van der Waals surface area contributed by atoms with Crippen LogP contribution in [-0.2, 0) is 23.1 Å². The van der Waals surface area contributed by atoms with Crippen molar-refractivity contribution >= 4 is 21.2 Å². The highest BCUT2D eigenvalue weighted by Crippen LogP contribution is 2.18. The Bertz CT molecular complexity index is 1240. The molecule has 0 radical (unpaired) electrons. The van der Waals surface area contributed by atoms with Crippen LogP contribution >= 0.6 is 0 Å². The molecule has 0 aliphatic rings. The lowest BCUT2D eigenvalue weighted by atomic mass is 10.2. The number of aryl methyl sites for hydroxylation is 2. The zero-order chi connectivity index (χ0) is 20.4. The van der Waals surface area contributed by atoms with Crippen molar-refractivity contribution in [2.45, 2.75) is 31.8 Å². The van der Waals surface area contributed by atoms with Crippen molar-refractivity contribution in [1.82, 2.24) is 19.3 Å². The SMILES string of the molecule is Cc1cc(C)cc(S(=O)(=O)NCc2nc3cccnc3n2Cc2ccccc2)c1. The highest BCUT2D eigenvalue weighted by Gasteiger charge is 2.18. The quantitative estimate of drug-likeness (QED) is 0.531. The maximum atomic E-state index is 12.8. The molecule has 0 fully saturated rings. The van der Waals surface area contributed by atoms with Crippen molar-refractivity contribution in [3.63, 3.8) is 0 Å². The van der Waals surface area contributed by atoms with E-state index in [0.717, 1.165) is 27.9 Å². The second-order valence-corrected chi connectivity index (χ2v) is 8.86. The molecule has 0 saturated carbocycles. The first-order chi connectivity index (χ1) is 13.9. The van der Waals surface area contributed by atoms with E-state index in [9.17, 15) is 8.42 Å². The predicted octanol–water partition coefficient (Wildman–Crippen LogP) is 3.57. The molecule has 0 saturated heterocycles. The molecule has 4 rings (SSSR count). The first-order valence-electron chi connectivity index (χ1n) is 9.34. The summed E-state index contributed by atoms with van der Waals surface area (Å²) in [5.74, 6) is 0.621. The minimum absolute atomic E-state index is 0.0819. The molecular weight excluding hydrogens is 384 g/mol. The Hall–Kier alpha value is -3.03. The van der Waals surface area contributed by atoms with Gasteiger partial charge in [-0.05, 0) is 54.8 Å². The summed E-state index contributed by atoms with van der Waals surface area (Å²) in [4.78, 5) is 9.32. The van der Waals surface area contributed by atoms with Gasteiger partial charge < -0.3 is 4.57 Å². The third kappa shape index (κ3) is 4.21. The van der Waals surface area contributed by atoms with Gasteiger partial charge in [-0.1, -0.05) is 36.4 Å². The van der Waals surface area contributed by atoms with E-state index in [4.69, 9.17) is 0 Å². The maximum absolute atomic E-state index is 12.8. The van der Waals surface area contributed by atoms with Crippen LogP contribution < -0.4 is 4.72 Å². The fourth-order valence-corrected chi connectivity index (χ4v) is 4.57. The second-order valence-electron chi connectivity index (χ2n) is 7.09. The fraction of sp³-hybridized carbons (Fsp3) is 0.182. The van der Waals surface area contributed by atoms with Crippen molar-refractivity contribution in [3.8, 4) is 0 Å². The Morgan fingerprint density at radius 3 is 2.41 bits per heavy atom. The highest BCUT2D eigenvalue weighted by molar-refractivity contribution is 7.89. The van der Waals surface area contributed by atoms with E-state index in [1.165, 1.54) is 0 Å². The predicted molar refractivity (Wildman–Crippen MR) is 113 cm³/mol. The summed E-state index contributed by atoms with van der Waals surface area (Å²) in [7, 11) is -3.65. The van der Waals surface area contributed by atoms with Crippen LogP contribution in [0, 0.1) is 13.8 Å². The summed E-state index contributed by atoms with van der Waals surface area (Å²) in [5, 5.41) is 0. The Morgan fingerprint density at radius 1 is 0.966 bits per heavy atom. The van der Waals surface area contributed by atoms with E-state index in [-0.39, 0.29) is 11.4 Å². The van der Waals surface area contributed by atoms with E-state index in [1.54, 1.807) is 18.3 Å². The third-order valence-electron chi connectivity index (χ3n) is 4.69. The Labute approximate surface area is 170 Å². The summed E-state index contributed by atoms with van der Waals surface area (Å²) in [5.41, 5.74) is 4.38. The lowest BCUT2D eigenvalue weighted by Crippen LogP contribution is -2.25. The van der Waals surface area contributed by atoms with Crippen LogP contribution in [0.2, 0.25) is 0 Å². The van der Waals surface area contributed by atoms with Gasteiger partial charge in [-0.3, -0.25) is 0 Å². The molecule has 2 aromatic heterocycles. The van der Waals surface area contributed by atoms with E-state index in [2.05, 4.69) is 14.7 Å². The van der Waals surface area contributed by atoms with Gasteiger partial charge in [0.2, 0.25) is 10.0 Å². The number of benzene rings is 2. The van der Waals surface area contributed by atoms with Crippen LogP contribution in [0.3, 0.4) is 0 Å². The molecule has 1 N–H and O–H groups in total. The van der Waals surface area contributed by atoms with Crippen molar-refractivity contribution in [2.24, 2.45) is 0 Å². The van der Waals surface area contributed by atoms with Gasteiger partial charge in [0.15, 0.2) is 5.65 Å². The lowest BCUT2D eigenvalue weighted by Gasteiger charge is -2.11. The van der Waals surface area contributed by atoms with Gasteiger partial charge in [-0.25, -0.2) is 23.1 Å². The van der Waals surface area contributed by atoms with Crippen LogP contribution in [-0.4, -0.2) is 23.0 Å². The zero-order valence-corrected chi connectivity index (χ0v) is 17.1. The van der Waals surface area contributed by atoms with E-state index in [1.807, 2.05) is 66.9 Å². The van der Waals surface area contributed by atoms with Crippen LogP contribution in [0.25, 0.3) is 11.2 Å². The summed E-state index contributed by atoms with van der Waals surface area (Å²) in [6.07, 6.45) is 1.72. The normalized spacial score (nSPS) is 11.8. The van der Waals surface area contributed by atoms with Gasteiger partial charge in [0.1, 0.15) is 11.3 Å². The third-order valence-corrected chi connectivity index (χ3v) is 6.07. The van der Waals surface area contributed by atoms with Crippen molar-refractivity contribution in [3.05, 3.63) is 89.4 Å². The van der Waals surface area contributed by atoms with Crippen LogP contribution in [0.5, 0.6) is 0 Å². The molecule has 148 valence electrons. The van der Waals surface area contributed by atoms with E-state index in [0.29, 0.717) is 12.4 Å². The van der Waals surface area contributed by atoms with Crippen molar-refractivity contribution in [1.29, 1.82) is 0 Å². The summed E-state index contributed by atoms with van der Waals surface area (Å²) in [6.45, 7) is 4.42. The van der Waals surface area contributed by atoms with Gasteiger partial charge in [0.25, 0.3) is 0 Å². The molecule has 7 heteroatoms. The number of fused-ring (bicyclic) bond motifs is 1. The topological polar surface area (TPSA) is 76.9 Å². The number of hydrogen-bond donors (Lipinski definition) is 1. The number of aromatic nitrogens is 3. The molecule has 6 nitrogen and oxygen atoms in total. The zero-order valence-electron chi connectivity index (χ0n) is 16.3. The van der Waals surface area contributed by atoms with Crippen LogP contribution in [0.15, 0.2) is 71.8 Å². The standard InChI is InChI=1S/C22H22N4O2S/c1-16-11-17(2)13-19(12-16)29(27,28)24-14-21-25-20-9-6-10-23-22(20)26(21)15-18-7-4-3-5-8-18/h3-13,24H,14-15H2,1-2H3. The minimum Gasteiger partial charge on any atom is -0.307 e.